The Bertz CT molecular complexity index is 1050. The van der Waals surface area contributed by atoms with Gasteiger partial charge >= 0.3 is 0 Å². The second-order valence-corrected chi connectivity index (χ2v) is 9.92. The first-order valence-corrected chi connectivity index (χ1v) is 11.8. The van der Waals surface area contributed by atoms with Gasteiger partial charge in [-0.25, -0.2) is 4.68 Å². The van der Waals surface area contributed by atoms with E-state index in [0.29, 0.717) is 17.9 Å². The van der Waals surface area contributed by atoms with Crippen molar-refractivity contribution in [3.05, 3.63) is 56.7 Å². The fourth-order valence-corrected chi connectivity index (χ4v) is 4.78. The average molecular weight is 441 g/mol. The molecule has 0 aliphatic heterocycles. The number of nitro groups is 1. The molecule has 0 unspecified atom stereocenters. The molecule has 1 saturated carbocycles. The van der Waals surface area contributed by atoms with E-state index >= 15 is 0 Å². The molecule has 31 heavy (non-hydrogen) atoms. The van der Waals surface area contributed by atoms with Crippen LogP contribution in [-0.4, -0.2) is 21.9 Å². The first kappa shape index (κ1) is 23.1. The van der Waals surface area contributed by atoms with Crippen molar-refractivity contribution >= 4 is 22.7 Å². The minimum absolute atomic E-state index is 0.0747. The Labute approximate surface area is 188 Å². The molecule has 1 heterocycles. The van der Waals surface area contributed by atoms with Crippen molar-refractivity contribution in [2.24, 2.45) is 21.4 Å². The van der Waals surface area contributed by atoms with Gasteiger partial charge in [-0.3, -0.25) is 15.1 Å². The highest BCUT2D eigenvalue weighted by Crippen LogP contribution is 2.39. The summed E-state index contributed by atoms with van der Waals surface area (Å²) < 4.78 is 1.87. The number of benzene rings is 1. The fraction of sp³-hybridized carbons (Fsp3) is 0.500. The molecule has 0 bridgehead atoms. The topological polar surface area (TPSA) is 72.8 Å². The Hall–Kier alpha value is -2.54. The van der Waals surface area contributed by atoms with Crippen LogP contribution in [0.4, 0.5) is 5.69 Å². The molecule has 1 fully saturated rings. The summed E-state index contributed by atoms with van der Waals surface area (Å²) in [5.41, 5.74) is 4.18. The number of nitro benzene ring substituents is 1. The second kappa shape index (κ2) is 9.73. The zero-order valence-corrected chi connectivity index (χ0v) is 19.7. The molecule has 0 atom stereocenters. The zero-order chi connectivity index (χ0) is 22.6. The summed E-state index contributed by atoms with van der Waals surface area (Å²) in [6.45, 7) is 13.4. The lowest BCUT2D eigenvalue weighted by atomic mass is 9.69. The van der Waals surface area contributed by atoms with Gasteiger partial charge in [-0.1, -0.05) is 51.5 Å². The molecule has 6 nitrogen and oxygen atoms in total. The van der Waals surface area contributed by atoms with E-state index in [-0.39, 0.29) is 10.6 Å². The van der Waals surface area contributed by atoms with Gasteiger partial charge in [-0.15, -0.1) is 11.3 Å². The molecule has 1 aliphatic carbocycles. The largest absolute Gasteiger partial charge is 0.270 e. The molecule has 0 amide bonds. The molecule has 1 aromatic carbocycles. The highest BCUT2D eigenvalue weighted by molar-refractivity contribution is 7.07. The van der Waals surface area contributed by atoms with Crippen molar-refractivity contribution in [1.82, 2.24) is 4.68 Å². The maximum absolute atomic E-state index is 11.3. The van der Waals surface area contributed by atoms with Crippen molar-refractivity contribution in [1.29, 1.82) is 0 Å². The summed E-state index contributed by atoms with van der Waals surface area (Å²) in [6.07, 6.45) is 5.43. The van der Waals surface area contributed by atoms with E-state index in [9.17, 15) is 10.1 Å². The summed E-state index contributed by atoms with van der Waals surface area (Å²) in [6, 6.07) is 6.71. The van der Waals surface area contributed by atoms with Crippen LogP contribution in [0.25, 0.3) is 11.3 Å². The molecule has 7 heteroatoms. The van der Waals surface area contributed by atoms with Crippen molar-refractivity contribution in [2.45, 2.75) is 59.8 Å². The molecule has 0 saturated heterocycles. The van der Waals surface area contributed by atoms with Crippen LogP contribution in [0.2, 0.25) is 0 Å². The van der Waals surface area contributed by atoms with Gasteiger partial charge in [0, 0.05) is 28.8 Å². The Morgan fingerprint density at radius 2 is 2.06 bits per heavy atom. The highest BCUT2D eigenvalue weighted by Gasteiger charge is 2.30. The zero-order valence-electron chi connectivity index (χ0n) is 18.9. The Kier molecular flexibility index (Phi) is 7.26. The summed E-state index contributed by atoms with van der Waals surface area (Å²) in [4.78, 5) is 16.4. The van der Waals surface area contributed by atoms with Crippen LogP contribution in [-0.2, 0) is 0 Å². The van der Waals surface area contributed by atoms with Gasteiger partial charge in [0.05, 0.1) is 17.2 Å². The normalized spacial score (nSPS) is 17.6. The molecular weight excluding hydrogens is 408 g/mol. The third-order valence-electron chi connectivity index (χ3n) is 6.34. The van der Waals surface area contributed by atoms with E-state index < -0.39 is 0 Å². The first-order valence-electron chi connectivity index (χ1n) is 10.9. The smallest absolute Gasteiger partial charge is 0.258 e. The molecule has 0 radical (unpaired) electrons. The van der Waals surface area contributed by atoms with Gasteiger partial charge in [-0.2, -0.15) is 5.10 Å². The van der Waals surface area contributed by atoms with E-state index in [1.807, 2.05) is 23.0 Å². The van der Waals surface area contributed by atoms with Gasteiger partial charge in [0.15, 0.2) is 0 Å². The van der Waals surface area contributed by atoms with Crippen molar-refractivity contribution < 1.29 is 4.92 Å². The second-order valence-electron chi connectivity index (χ2n) is 9.08. The van der Waals surface area contributed by atoms with E-state index in [4.69, 9.17) is 5.10 Å². The van der Waals surface area contributed by atoms with Gasteiger partial charge in [0.1, 0.15) is 0 Å². The van der Waals surface area contributed by atoms with E-state index in [1.165, 1.54) is 29.5 Å². The molecular formula is C24H32N4O2S. The third kappa shape index (κ3) is 5.58. The molecule has 3 rings (SSSR count). The predicted molar refractivity (Wildman–Crippen MR) is 129 cm³/mol. The SMILES string of the molecule is C=C(C)CN=c1scc(-c2cccc([N+](=O)[O-])c2)n1N=C1CCC(C(C)(C)CC)CC1. The van der Waals surface area contributed by atoms with Crippen LogP contribution in [0.15, 0.2) is 51.9 Å². The van der Waals surface area contributed by atoms with Crippen LogP contribution >= 0.6 is 11.3 Å². The Morgan fingerprint density at radius 3 is 2.68 bits per heavy atom. The average Bonchev–Trinajstić information content (AvgIpc) is 3.15. The molecule has 166 valence electrons. The van der Waals surface area contributed by atoms with Crippen LogP contribution in [0, 0.1) is 21.4 Å². The van der Waals surface area contributed by atoms with E-state index in [2.05, 4.69) is 32.3 Å². The minimum atomic E-state index is -0.366. The number of non-ortho nitro benzene ring substituents is 1. The van der Waals surface area contributed by atoms with Crippen molar-refractivity contribution in [2.75, 3.05) is 6.54 Å². The lowest BCUT2D eigenvalue weighted by Gasteiger charge is -2.36. The lowest BCUT2D eigenvalue weighted by Crippen LogP contribution is -2.28. The van der Waals surface area contributed by atoms with Crippen molar-refractivity contribution in [3.8, 4) is 11.3 Å². The van der Waals surface area contributed by atoms with Gasteiger partial charge in [0.25, 0.3) is 5.69 Å². The number of hydrogen-bond donors (Lipinski definition) is 0. The van der Waals surface area contributed by atoms with Crippen LogP contribution in [0.3, 0.4) is 0 Å². The maximum Gasteiger partial charge on any atom is 0.270 e. The number of nitrogens with zero attached hydrogens (tertiary/aromatic N) is 4. The number of thiazole rings is 1. The Balaban J connectivity index is 1.98. The fourth-order valence-electron chi connectivity index (χ4n) is 3.95. The summed E-state index contributed by atoms with van der Waals surface area (Å²) in [5.74, 6) is 0.716. The number of hydrogen-bond acceptors (Lipinski definition) is 5. The summed E-state index contributed by atoms with van der Waals surface area (Å²) >= 11 is 1.50. The molecule has 0 N–H and O–H groups in total. The van der Waals surface area contributed by atoms with Gasteiger partial charge < -0.3 is 0 Å². The molecule has 1 aromatic heterocycles. The standard InChI is InChI=1S/C24H32N4O2S/c1-6-24(4,5)19-10-12-20(13-11-19)26-27-22(16-31-23(27)25-15-17(2)3)18-8-7-9-21(14-18)28(29)30/h7-9,14,16,19H,2,6,10-13,15H2,1,3-5H3. The quantitative estimate of drug-likeness (QED) is 0.283. The number of aromatic nitrogens is 1. The van der Waals surface area contributed by atoms with Crippen LogP contribution in [0.1, 0.15) is 59.8 Å². The van der Waals surface area contributed by atoms with E-state index in [0.717, 1.165) is 47.3 Å². The lowest BCUT2D eigenvalue weighted by molar-refractivity contribution is -0.384. The predicted octanol–water partition coefficient (Wildman–Crippen LogP) is 6.43. The molecule has 0 spiro atoms. The number of rotatable bonds is 7. The van der Waals surface area contributed by atoms with Gasteiger partial charge in [0.2, 0.25) is 4.80 Å². The van der Waals surface area contributed by atoms with E-state index in [1.54, 1.807) is 12.1 Å². The maximum atomic E-state index is 11.3. The summed E-state index contributed by atoms with van der Waals surface area (Å²) in [5, 5.41) is 18.2. The molecule has 1 aliphatic rings. The van der Waals surface area contributed by atoms with Crippen LogP contribution in [0.5, 0.6) is 0 Å². The van der Waals surface area contributed by atoms with Crippen molar-refractivity contribution in [3.63, 3.8) is 0 Å². The molecule has 2 aromatic rings. The minimum Gasteiger partial charge on any atom is -0.258 e. The third-order valence-corrected chi connectivity index (χ3v) is 7.20. The van der Waals surface area contributed by atoms with Gasteiger partial charge in [-0.05, 0) is 43.9 Å². The Morgan fingerprint density at radius 1 is 1.35 bits per heavy atom. The first-order chi connectivity index (χ1) is 14.7. The summed E-state index contributed by atoms with van der Waals surface area (Å²) in [7, 11) is 0. The monoisotopic (exact) mass is 440 g/mol. The highest BCUT2D eigenvalue weighted by atomic mass is 32.1. The van der Waals surface area contributed by atoms with Crippen LogP contribution < -0.4 is 4.80 Å².